The van der Waals surface area contributed by atoms with Gasteiger partial charge in [-0.05, 0) is 37.5 Å². The van der Waals surface area contributed by atoms with Crippen molar-refractivity contribution in [3.05, 3.63) is 23.8 Å². The zero-order chi connectivity index (χ0) is 15.1. The van der Waals surface area contributed by atoms with Gasteiger partial charge in [0.1, 0.15) is 5.75 Å². The Morgan fingerprint density at radius 1 is 1.35 bits per heavy atom. The number of benzene rings is 1. The molecule has 1 atom stereocenters. The maximum absolute atomic E-state index is 11.8. The molecule has 0 spiro atoms. The van der Waals surface area contributed by atoms with Crippen molar-refractivity contribution < 1.29 is 9.53 Å². The molecule has 1 aromatic rings. The summed E-state index contributed by atoms with van der Waals surface area (Å²) in [6.07, 6.45) is 2.03. The minimum atomic E-state index is -0.0452. The van der Waals surface area contributed by atoms with E-state index in [4.69, 9.17) is 4.74 Å². The van der Waals surface area contributed by atoms with Crippen LogP contribution < -0.4 is 10.1 Å². The second-order valence-electron chi connectivity index (χ2n) is 5.12. The summed E-state index contributed by atoms with van der Waals surface area (Å²) < 4.78 is 5.64. The van der Waals surface area contributed by atoms with E-state index in [1.165, 1.54) is 5.56 Å². The van der Waals surface area contributed by atoms with Gasteiger partial charge in [-0.3, -0.25) is 4.79 Å². The maximum Gasteiger partial charge on any atom is 0.227 e. The lowest BCUT2D eigenvalue weighted by molar-refractivity contribution is -0.118. The minimum absolute atomic E-state index is 0.00521. The fourth-order valence-electron chi connectivity index (χ4n) is 1.75. The Hall–Kier alpha value is -1.03. The largest absolute Gasteiger partial charge is 0.492 e. The smallest absolute Gasteiger partial charge is 0.227 e. The number of carbonyl (C=O) groups excluding carboxylic acids is 1. The SMILES string of the molecule is CCOc1cc(CC(Br)CC)ccc1NC(=O)C(C)C. The molecule has 3 nitrogen and oxygen atoms in total. The Morgan fingerprint density at radius 3 is 2.60 bits per heavy atom. The summed E-state index contributed by atoms with van der Waals surface area (Å²) in [4.78, 5) is 12.3. The molecular weight excluding hydrogens is 318 g/mol. The Balaban J connectivity index is 2.92. The third kappa shape index (κ3) is 5.16. The lowest BCUT2D eigenvalue weighted by Gasteiger charge is -2.15. The van der Waals surface area contributed by atoms with E-state index in [0.29, 0.717) is 11.4 Å². The highest BCUT2D eigenvalue weighted by molar-refractivity contribution is 9.09. The van der Waals surface area contributed by atoms with Gasteiger partial charge in [-0.1, -0.05) is 42.8 Å². The van der Waals surface area contributed by atoms with Crippen molar-refractivity contribution in [2.45, 2.75) is 45.4 Å². The molecule has 0 aliphatic carbocycles. The molecule has 1 rings (SSSR count). The van der Waals surface area contributed by atoms with Crippen LogP contribution in [0, 0.1) is 5.92 Å². The lowest BCUT2D eigenvalue weighted by Crippen LogP contribution is -2.18. The first kappa shape index (κ1) is 17.0. The summed E-state index contributed by atoms with van der Waals surface area (Å²) >= 11 is 3.64. The average molecular weight is 342 g/mol. The van der Waals surface area contributed by atoms with Crippen molar-refractivity contribution in [3.63, 3.8) is 0 Å². The molecule has 112 valence electrons. The molecule has 0 aliphatic rings. The van der Waals surface area contributed by atoms with E-state index < -0.39 is 0 Å². The molecule has 4 heteroatoms. The van der Waals surface area contributed by atoms with E-state index in [2.05, 4.69) is 28.2 Å². The van der Waals surface area contributed by atoms with Gasteiger partial charge in [0.05, 0.1) is 12.3 Å². The zero-order valence-electron chi connectivity index (χ0n) is 12.7. The molecule has 1 amide bonds. The first-order chi connectivity index (χ1) is 9.47. The van der Waals surface area contributed by atoms with Crippen molar-refractivity contribution in [2.75, 3.05) is 11.9 Å². The molecule has 0 aliphatic heterocycles. The van der Waals surface area contributed by atoms with Gasteiger partial charge in [-0.2, -0.15) is 0 Å². The Kier molecular flexibility index (Phi) is 7.06. The molecule has 0 aromatic heterocycles. The first-order valence-corrected chi connectivity index (χ1v) is 8.10. The normalized spacial score (nSPS) is 12.3. The molecule has 0 heterocycles. The molecule has 1 aromatic carbocycles. The summed E-state index contributed by atoms with van der Waals surface area (Å²) in [5, 5.41) is 2.91. The monoisotopic (exact) mass is 341 g/mol. The van der Waals surface area contributed by atoms with E-state index in [1.54, 1.807) is 0 Å². The zero-order valence-corrected chi connectivity index (χ0v) is 14.3. The van der Waals surface area contributed by atoms with Gasteiger partial charge in [0.15, 0.2) is 0 Å². The maximum atomic E-state index is 11.8. The van der Waals surface area contributed by atoms with Crippen LogP contribution in [0.1, 0.15) is 39.7 Å². The average Bonchev–Trinajstić information content (AvgIpc) is 2.41. The highest BCUT2D eigenvalue weighted by Crippen LogP contribution is 2.28. The van der Waals surface area contributed by atoms with E-state index in [1.807, 2.05) is 39.0 Å². The van der Waals surface area contributed by atoms with Crippen molar-refractivity contribution >= 4 is 27.5 Å². The van der Waals surface area contributed by atoms with Gasteiger partial charge in [-0.25, -0.2) is 0 Å². The van der Waals surface area contributed by atoms with Crippen LogP contribution in [-0.4, -0.2) is 17.3 Å². The standard InChI is InChI=1S/C16H24BrNO2/c1-5-13(17)9-12-7-8-14(15(10-12)20-6-2)18-16(19)11(3)4/h7-8,10-11,13H,5-6,9H2,1-4H3,(H,18,19). The molecule has 20 heavy (non-hydrogen) atoms. The molecule has 0 saturated carbocycles. The number of hydrogen-bond donors (Lipinski definition) is 1. The van der Waals surface area contributed by atoms with Crippen molar-refractivity contribution in [1.82, 2.24) is 0 Å². The van der Waals surface area contributed by atoms with Gasteiger partial charge >= 0.3 is 0 Å². The predicted octanol–water partition coefficient (Wildman–Crippen LogP) is 4.40. The second kappa shape index (κ2) is 8.30. The molecular formula is C16H24BrNO2. The molecule has 0 saturated heterocycles. The summed E-state index contributed by atoms with van der Waals surface area (Å²) in [6.45, 7) is 8.43. The molecule has 0 radical (unpaired) electrons. The second-order valence-corrected chi connectivity index (χ2v) is 6.41. The number of carbonyl (C=O) groups is 1. The quantitative estimate of drug-likeness (QED) is 0.746. The van der Waals surface area contributed by atoms with Gasteiger partial charge in [0, 0.05) is 10.7 Å². The van der Waals surface area contributed by atoms with Gasteiger partial charge in [0.25, 0.3) is 0 Å². The number of hydrogen-bond acceptors (Lipinski definition) is 2. The van der Waals surface area contributed by atoms with Crippen LogP contribution in [0.5, 0.6) is 5.75 Å². The number of ether oxygens (including phenoxy) is 1. The number of rotatable bonds is 7. The fraction of sp³-hybridized carbons (Fsp3) is 0.562. The van der Waals surface area contributed by atoms with E-state index >= 15 is 0 Å². The van der Waals surface area contributed by atoms with Crippen LogP contribution in [0.3, 0.4) is 0 Å². The van der Waals surface area contributed by atoms with Crippen molar-refractivity contribution in [1.29, 1.82) is 0 Å². The Bertz CT molecular complexity index is 446. The van der Waals surface area contributed by atoms with E-state index in [0.717, 1.165) is 24.3 Å². The third-order valence-corrected chi connectivity index (χ3v) is 4.00. The molecule has 0 fully saturated rings. The number of alkyl halides is 1. The molecule has 0 bridgehead atoms. The lowest BCUT2D eigenvalue weighted by atomic mass is 10.1. The molecule has 1 unspecified atom stereocenters. The van der Waals surface area contributed by atoms with Gasteiger partial charge < -0.3 is 10.1 Å². The van der Waals surface area contributed by atoms with E-state index in [9.17, 15) is 4.79 Å². The van der Waals surface area contributed by atoms with Gasteiger partial charge in [0.2, 0.25) is 5.91 Å². The van der Waals surface area contributed by atoms with Crippen LogP contribution in [0.15, 0.2) is 18.2 Å². The van der Waals surface area contributed by atoms with Crippen LogP contribution >= 0.6 is 15.9 Å². The summed E-state index contributed by atoms with van der Waals surface area (Å²) in [5.74, 6) is 0.705. The van der Waals surface area contributed by atoms with Crippen molar-refractivity contribution in [2.24, 2.45) is 5.92 Å². The summed E-state index contributed by atoms with van der Waals surface area (Å²) in [7, 11) is 0. The first-order valence-electron chi connectivity index (χ1n) is 7.18. The molecule has 1 N–H and O–H groups in total. The van der Waals surface area contributed by atoms with Crippen LogP contribution in [-0.2, 0) is 11.2 Å². The van der Waals surface area contributed by atoms with Crippen LogP contribution in [0.4, 0.5) is 5.69 Å². The Morgan fingerprint density at radius 2 is 2.05 bits per heavy atom. The number of nitrogens with one attached hydrogen (secondary N) is 1. The predicted molar refractivity (Wildman–Crippen MR) is 87.8 cm³/mol. The fourth-order valence-corrected chi connectivity index (χ4v) is 2.12. The topological polar surface area (TPSA) is 38.3 Å². The minimum Gasteiger partial charge on any atom is -0.492 e. The summed E-state index contributed by atoms with van der Waals surface area (Å²) in [6, 6.07) is 5.99. The third-order valence-electron chi connectivity index (χ3n) is 3.03. The Labute approximate surface area is 130 Å². The van der Waals surface area contributed by atoms with Gasteiger partial charge in [-0.15, -0.1) is 0 Å². The van der Waals surface area contributed by atoms with Crippen LogP contribution in [0.25, 0.3) is 0 Å². The highest BCUT2D eigenvalue weighted by Gasteiger charge is 2.12. The summed E-state index contributed by atoms with van der Waals surface area (Å²) in [5.41, 5.74) is 1.96. The highest BCUT2D eigenvalue weighted by atomic mass is 79.9. The van der Waals surface area contributed by atoms with Crippen LogP contribution in [0.2, 0.25) is 0 Å². The number of halogens is 1. The van der Waals surface area contributed by atoms with Crippen molar-refractivity contribution in [3.8, 4) is 5.75 Å². The number of amides is 1. The number of anilines is 1. The van der Waals surface area contributed by atoms with E-state index in [-0.39, 0.29) is 11.8 Å².